The summed E-state index contributed by atoms with van der Waals surface area (Å²) in [6, 6.07) is 2.53. The fourth-order valence-corrected chi connectivity index (χ4v) is 1.51. The molecule has 16 heavy (non-hydrogen) atoms. The molecule has 0 atom stereocenters. The first-order chi connectivity index (χ1) is 7.66. The van der Waals surface area contributed by atoms with Crippen LogP contribution >= 0.6 is 15.9 Å². The highest BCUT2D eigenvalue weighted by atomic mass is 79.9. The Kier molecular flexibility index (Phi) is 5.87. The molecule has 0 saturated heterocycles. The van der Waals surface area contributed by atoms with Crippen molar-refractivity contribution in [1.29, 1.82) is 0 Å². The lowest BCUT2D eigenvalue weighted by Crippen LogP contribution is -2.06. The summed E-state index contributed by atoms with van der Waals surface area (Å²) in [4.78, 5) is 0. The van der Waals surface area contributed by atoms with Crippen LogP contribution in [-0.2, 0) is 16.1 Å². The molecule has 0 fully saturated rings. The summed E-state index contributed by atoms with van der Waals surface area (Å²) in [7, 11) is 0. The molecule has 0 unspecified atom stereocenters. The van der Waals surface area contributed by atoms with Crippen LogP contribution in [0.5, 0.6) is 0 Å². The molecule has 0 heterocycles. The SMILES string of the molecule is CCOCCOCc1c(F)ccc(Br)c1F. The molecule has 90 valence electrons. The average Bonchev–Trinajstić information content (AvgIpc) is 2.28. The fourth-order valence-electron chi connectivity index (χ4n) is 1.14. The average molecular weight is 295 g/mol. The largest absolute Gasteiger partial charge is 0.379 e. The second-order valence-corrected chi connectivity index (χ2v) is 3.93. The molecule has 0 spiro atoms. The minimum atomic E-state index is -0.614. The summed E-state index contributed by atoms with van der Waals surface area (Å²) in [6.07, 6.45) is 0. The van der Waals surface area contributed by atoms with Crippen LogP contribution in [0.3, 0.4) is 0 Å². The standard InChI is InChI=1S/C11H13BrF2O2/c1-2-15-5-6-16-7-8-10(13)4-3-9(12)11(8)14/h3-4H,2,5-7H2,1H3. The number of hydrogen-bond donors (Lipinski definition) is 0. The van der Waals surface area contributed by atoms with Crippen molar-refractivity contribution in [3.8, 4) is 0 Å². The Morgan fingerprint density at radius 1 is 1.19 bits per heavy atom. The first-order valence-electron chi connectivity index (χ1n) is 4.94. The quantitative estimate of drug-likeness (QED) is 0.592. The minimum absolute atomic E-state index is 0.0640. The lowest BCUT2D eigenvalue weighted by Gasteiger charge is -2.07. The molecule has 0 aliphatic rings. The van der Waals surface area contributed by atoms with Crippen LogP contribution in [0.2, 0.25) is 0 Å². The number of rotatable bonds is 6. The maximum atomic E-state index is 13.4. The van der Waals surface area contributed by atoms with Gasteiger partial charge in [0.25, 0.3) is 0 Å². The third-order valence-corrected chi connectivity index (χ3v) is 2.57. The molecule has 0 N–H and O–H groups in total. The molecule has 0 bridgehead atoms. The number of ether oxygens (including phenoxy) is 2. The van der Waals surface area contributed by atoms with Gasteiger partial charge in [-0.1, -0.05) is 0 Å². The number of hydrogen-bond acceptors (Lipinski definition) is 2. The maximum Gasteiger partial charge on any atom is 0.145 e. The van der Waals surface area contributed by atoms with E-state index in [1.165, 1.54) is 12.1 Å². The third-order valence-electron chi connectivity index (χ3n) is 1.96. The zero-order valence-electron chi connectivity index (χ0n) is 8.93. The summed E-state index contributed by atoms with van der Waals surface area (Å²) < 4.78 is 37.1. The van der Waals surface area contributed by atoms with E-state index in [1.54, 1.807) is 0 Å². The van der Waals surface area contributed by atoms with Gasteiger partial charge in [0, 0.05) is 6.61 Å². The highest BCUT2D eigenvalue weighted by molar-refractivity contribution is 9.10. The second-order valence-electron chi connectivity index (χ2n) is 3.07. The van der Waals surface area contributed by atoms with Gasteiger partial charge in [0.05, 0.1) is 29.9 Å². The fraction of sp³-hybridized carbons (Fsp3) is 0.455. The smallest absolute Gasteiger partial charge is 0.145 e. The zero-order valence-corrected chi connectivity index (χ0v) is 10.5. The summed E-state index contributed by atoms with van der Waals surface area (Å²) >= 11 is 2.99. The third kappa shape index (κ3) is 3.81. The molecule has 1 aromatic carbocycles. The van der Waals surface area contributed by atoms with Crippen molar-refractivity contribution in [2.24, 2.45) is 0 Å². The highest BCUT2D eigenvalue weighted by Gasteiger charge is 2.11. The van der Waals surface area contributed by atoms with Gasteiger partial charge in [-0.15, -0.1) is 0 Å². The Labute approximate surface area is 102 Å². The molecule has 0 aliphatic carbocycles. The van der Waals surface area contributed by atoms with Gasteiger partial charge in [-0.3, -0.25) is 0 Å². The molecular weight excluding hydrogens is 282 g/mol. The van der Waals surface area contributed by atoms with Crippen molar-refractivity contribution >= 4 is 15.9 Å². The molecule has 0 amide bonds. The molecule has 0 aliphatic heterocycles. The summed E-state index contributed by atoms with van der Waals surface area (Å²) in [5.74, 6) is -1.21. The molecule has 1 rings (SSSR count). The monoisotopic (exact) mass is 294 g/mol. The molecule has 2 nitrogen and oxygen atoms in total. The Morgan fingerprint density at radius 2 is 1.88 bits per heavy atom. The van der Waals surface area contributed by atoms with Gasteiger partial charge in [-0.25, -0.2) is 8.78 Å². The van der Waals surface area contributed by atoms with Crippen molar-refractivity contribution in [2.45, 2.75) is 13.5 Å². The van der Waals surface area contributed by atoms with Crippen LogP contribution in [0, 0.1) is 11.6 Å². The van der Waals surface area contributed by atoms with Crippen LogP contribution in [-0.4, -0.2) is 19.8 Å². The highest BCUT2D eigenvalue weighted by Crippen LogP contribution is 2.22. The van der Waals surface area contributed by atoms with E-state index in [-0.39, 0.29) is 16.6 Å². The molecule has 0 radical (unpaired) electrons. The predicted molar refractivity (Wildman–Crippen MR) is 60.2 cm³/mol. The van der Waals surface area contributed by atoms with Crippen LogP contribution < -0.4 is 0 Å². The van der Waals surface area contributed by atoms with Crippen LogP contribution in [0.1, 0.15) is 12.5 Å². The van der Waals surface area contributed by atoms with Gasteiger partial charge in [-0.2, -0.15) is 0 Å². The number of benzene rings is 1. The predicted octanol–water partition coefficient (Wildman–Crippen LogP) is 3.28. The Bertz CT molecular complexity index is 345. The minimum Gasteiger partial charge on any atom is -0.379 e. The van der Waals surface area contributed by atoms with Crippen molar-refractivity contribution in [3.63, 3.8) is 0 Å². The van der Waals surface area contributed by atoms with Crippen molar-refractivity contribution < 1.29 is 18.3 Å². The van der Waals surface area contributed by atoms with E-state index in [4.69, 9.17) is 9.47 Å². The van der Waals surface area contributed by atoms with E-state index < -0.39 is 11.6 Å². The Balaban J connectivity index is 2.50. The van der Waals surface area contributed by atoms with Crippen molar-refractivity contribution in [3.05, 3.63) is 33.8 Å². The van der Waals surface area contributed by atoms with Gasteiger partial charge < -0.3 is 9.47 Å². The van der Waals surface area contributed by atoms with Crippen LogP contribution in [0.15, 0.2) is 16.6 Å². The van der Waals surface area contributed by atoms with E-state index in [2.05, 4.69) is 15.9 Å². The first kappa shape index (κ1) is 13.5. The van der Waals surface area contributed by atoms with Crippen molar-refractivity contribution in [2.75, 3.05) is 19.8 Å². The Morgan fingerprint density at radius 3 is 2.56 bits per heavy atom. The molecular formula is C11H13BrF2O2. The van der Waals surface area contributed by atoms with Gasteiger partial charge in [0.15, 0.2) is 0 Å². The maximum absolute atomic E-state index is 13.4. The van der Waals surface area contributed by atoms with E-state index >= 15 is 0 Å². The summed E-state index contributed by atoms with van der Waals surface area (Å²) in [6.45, 7) is 3.12. The summed E-state index contributed by atoms with van der Waals surface area (Å²) in [5.41, 5.74) is -0.0640. The number of halogens is 3. The van der Waals surface area contributed by atoms with E-state index in [0.717, 1.165) is 0 Å². The zero-order chi connectivity index (χ0) is 12.0. The van der Waals surface area contributed by atoms with Gasteiger partial charge >= 0.3 is 0 Å². The van der Waals surface area contributed by atoms with Gasteiger partial charge in [0.1, 0.15) is 11.6 Å². The topological polar surface area (TPSA) is 18.5 Å². The lowest BCUT2D eigenvalue weighted by molar-refractivity contribution is 0.0432. The van der Waals surface area contributed by atoms with E-state index in [9.17, 15) is 8.78 Å². The second kappa shape index (κ2) is 6.93. The first-order valence-corrected chi connectivity index (χ1v) is 5.74. The molecule has 5 heteroatoms. The van der Waals surface area contributed by atoms with E-state index in [0.29, 0.717) is 19.8 Å². The Hall–Kier alpha value is -0.520. The lowest BCUT2D eigenvalue weighted by atomic mass is 10.2. The van der Waals surface area contributed by atoms with Gasteiger partial charge in [0.2, 0.25) is 0 Å². The van der Waals surface area contributed by atoms with E-state index in [1.807, 2.05) is 6.92 Å². The van der Waals surface area contributed by atoms with Gasteiger partial charge in [-0.05, 0) is 35.0 Å². The summed E-state index contributed by atoms with van der Waals surface area (Å²) in [5, 5.41) is 0. The van der Waals surface area contributed by atoms with Crippen LogP contribution in [0.4, 0.5) is 8.78 Å². The molecule has 0 aromatic heterocycles. The van der Waals surface area contributed by atoms with Crippen molar-refractivity contribution in [1.82, 2.24) is 0 Å². The van der Waals surface area contributed by atoms with Crippen LogP contribution in [0.25, 0.3) is 0 Å². The molecule has 0 saturated carbocycles. The normalized spacial score (nSPS) is 10.8. The molecule has 1 aromatic rings.